The number of rotatable bonds is 2. The number of carbonyl (C=O) groups excluding carboxylic acids is 4. The summed E-state index contributed by atoms with van der Waals surface area (Å²) < 4.78 is 16.5. The van der Waals surface area contributed by atoms with E-state index in [-0.39, 0.29) is 18.8 Å². The van der Waals surface area contributed by atoms with E-state index >= 15 is 0 Å². The average molecular weight is 444 g/mol. The van der Waals surface area contributed by atoms with Crippen LogP contribution in [0.1, 0.15) is 63.5 Å². The Balaban J connectivity index is 1.97. The highest BCUT2D eigenvalue weighted by molar-refractivity contribution is 6.26. The molecule has 9 nitrogen and oxygen atoms in total. The van der Waals surface area contributed by atoms with Gasteiger partial charge in [-0.25, -0.2) is 4.79 Å². The second-order valence-corrected chi connectivity index (χ2v) is 10.5. The Morgan fingerprint density at radius 3 is 2.25 bits per heavy atom. The Kier molecular flexibility index (Phi) is 4.87. The van der Waals surface area contributed by atoms with Crippen molar-refractivity contribution in [1.82, 2.24) is 9.88 Å². The maximum Gasteiger partial charge on any atom is 0.410 e. The van der Waals surface area contributed by atoms with Crippen LogP contribution in [0.5, 0.6) is 0 Å². The topological polar surface area (TPSA) is 112 Å². The van der Waals surface area contributed by atoms with Crippen LogP contribution < -0.4 is 0 Å². The van der Waals surface area contributed by atoms with Gasteiger partial charge in [0, 0.05) is 24.6 Å². The number of amides is 1. The molecule has 9 heteroatoms. The Labute approximate surface area is 186 Å². The van der Waals surface area contributed by atoms with Gasteiger partial charge in [-0.05, 0) is 53.2 Å². The quantitative estimate of drug-likeness (QED) is 0.389. The normalized spacial score (nSPS) is 26.1. The molecular formula is C23H28N2O7. The Morgan fingerprint density at radius 2 is 1.69 bits per heavy atom. The molecule has 0 saturated carbocycles. The van der Waals surface area contributed by atoms with Crippen LogP contribution in [0.25, 0.3) is 0 Å². The van der Waals surface area contributed by atoms with Crippen molar-refractivity contribution in [3.8, 4) is 0 Å². The molecule has 1 aliphatic carbocycles. The summed E-state index contributed by atoms with van der Waals surface area (Å²) >= 11 is 0. The molecule has 0 spiro atoms. The van der Waals surface area contributed by atoms with Gasteiger partial charge in [0.15, 0.2) is 0 Å². The van der Waals surface area contributed by atoms with Crippen molar-refractivity contribution in [2.75, 3.05) is 13.2 Å². The molecule has 1 aromatic rings. The summed E-state index contributed by atoms with van der Waals surface area (Å²) in [6.45, 7) is 10.1. The van der Waals surface area contributed by atoms with Crippen LogP contribution in [0.4, 0.5) is 4.79 Å². The third kappa shape index (κ3) is 3.25. The van der Waals surface area contributed by atoms with Gasteiger partial charge >= 0.3 is 18.0 Å². The van der Waals surface area contributed by atoms with Crippen molar-refractivity contribution in [2.24, 2.45) is 11.3 Å². The number of nitrogens with zero attached hydrogens (tertiary/aromatic N) is 2. The zero-order chi connectivity index (χ0) is 23.6. The van der Waals surface area contributed by atoms with E-state index in [1.165, 1.54) is 11.1 Å². The average Bonchev–Trinajstić information content (AvgIpc) is 3.20. The molecule has 2 fully saturated rings. The summed E-state index contributed by atoms with van der Waals surface area (Å²) in [6.07, 6.45) is 0.903. The van der Waals surface area contributed by atoms with Gasteiger partial charge in [-0.1, -0.05) is 6.07 Å². The summed E-state index contributed by atoms with van der Waals surface area (Å²) in [7, 11) is 0. The predicted molar refractivity (Wildman–Crippen MR) is 111 cm³/mol. The third-order valence-corrected chi connectivity index (χ3v) is 6.01. The number of aromatic nitrogens is 1. The lowest BCUT2D eigenvalue weighted by Crippen LogP contribution is -2.61. The summed E-state index contributed by atoms with van der Waals surface area (Å²) in [5, 5.41) is 0. The van der Waals surface area contributed by atoms with Crippen molar-refractivity contribution in [3.05, 3.63) is 29.6 Å². The van der Waals surface area contributed by atoms with E-state index in [1.54, 1.807) is 53.7 Å². The molecule has 1 aromatic heterocycles. The van der Waals surface area contributed by atoms with Gasteiger partial charge in [0.2, 0.25) is 11.2 Å². The zero-order valence-electron chi connectivity index (χ0n) is 19.1. The largest absolute Gasteiger partial charge is 0.459 e. The monoisotopic (exact) mass is 444 g/mol. The van der Waals surface area contributed by atoms with Crippen LogP contribution in [-0.4, -0.2) is 64.1 Å². The maximum absolute atomic E-state index is 14.0. The van der Waals surface area contributed by atoms with E-state index in [0.29, 0.717) is 5.56 Å². The lowest BCUT2D eigenvalue weighted by molar-refractivity contribution is -0.186. The smallest absolute Gasteiger partial charge is 0.410 e. The molecule has 4 rings (SSSR count). The molecule has 0 bridgehead atoms. The molecule has 2 aliphatic heterocycles. The summed E-state index contributed by atoms with van der Waals surface area (Å²) in [6, 6.07) is 2.79. The number of carbonyl (C=O) groups is 4. The summed E-state index contributed by atoms with van der Waals surface area (Å²) in [4.78, 5) is 59.6. The number of cyclic esters (lactones) is 1. The number of hydrogen-bond donors (Lipinski definition) is 0. The van der Waals surface area contributed by atoms with Gasteiger partial charge in [0.05, 0.1) is 6.04 Å². The highest BCUT2D eigenvalue weighted by atomic mass is 16.6. The van der Waals surface area contributed by atoms with Crippen LogP contribution in [0.2, 0.25) is 0 Å². The van der Waals surface area contributed by atoms with Crippen LogP contribution in [0.3, 0.4) is 0 Å². The van der Waals surface area contributed by atoms with Crippen molar-refractivity contribution in [3.63, 3.8) is 0 Å². The number of fused-ring (bicyclic) bond motifs is 5. The maximum atomic E-state index is 14.0. The zero-order valence-corrected chi connectivity index (χ0v) is 19.1. The minimum atomic E-state index is -2.31. The number of Topliss-reactive ketones (excluding diaryl/α,β-unsaturated/α-hetero) is 1. The fourth-order valence-corrected chi connectivity index (χ4v) is 4.95. The van der Waals surface area contributed by atoms with E-state index < -0.39 is 58.3 Å². The van der Waals surface area contributed by atoms with Crippen molar-refractivity contribution < 1.29 is 33.4 Å². The molecule has 0 radical (unpaired) electrons. The number of pyridine rings is 1. The van der Waals surface area contributed by atoms with Crippen molar-refractivity contribution >= 4 is 23.8 Å². The number of ether oxygens (including phenoxy) is 3. The minimum absolute atomic E-state index is 0.0278. The molecule has 172 valence electrons. The highest BCUT2D eigenvalue weighted by Gasteiger charge is 2.72. The second-order valence-electron chi connectivity index (χ2n) is 10.5. The SMILES string of the molecule is CC(C)(C)OC(=O)C1(C(=O)OC(C)(C)C)C(=O)c2ncccc2[C@H]2CN3C(=O)OC[C@@H]3[C@H]21. The molecule has 0 N–H and O–H groups in total. The molecular weight excluding hydrogens is 416 g/mol. The molecule has 0 unspecified atom stereocenters. The first-order valence-corrected chi connectivity index (χ1v) is 10.7. The van der Waals surface area contributed by atoms with Gasteiger partial charge in [-0.15, -0.1) is 0 Å². The van der Waals surface area contributed by atoms with Crippen LogP contribution in [0, 0.1) is 11.3 Å². The first-order valence-electron chi connectivity index (χ1n) is 10.7. The van der Waals surface area contributed by atoms with Crippen molar-refractivity contribution in [2.45, 2.75) is 64.7 Å². The third-order valence-electron chi connectivity index (χ3n) is 6.01. The van der Waals surface area contributed by atoms with Gasteiger partial charge in [-0.3, -0.25) is 19.4 Å². The molecule has 3 heterocycles. The number of ketones is 1. The molecule has 3 aliphatic rings. The second kappa shape index (κ2) is 7.02. The van der Waals surface area contributed by atoms with E-state index in [9.17, 15) is 19.2 Å². The molecule has 0 aromatic carbocycles. The lowest BCUT2D eigenvalue weighted by Gasteiger charge is -2.43. The number of hydrogen-bond acceptors (Lipinski definition) is 8. The van der Waals surface area contributed by atoms with Crippen molar-refractivity contribution in [1.29, 1.82) is 0 Å². The predicted octanol–water partition coefficient (Wildman–Crippen LogP) is 2.48. The fraction of sp³-hybridized carbons (Fsp3) is 0.609. The highest BCUT2D eigenvalue weighted by Crippen LogP contribution is 2.56. The van der Waals surface area contributed by atoms with Crippen LogP contribution in [0.15, 0.2) is 18.3 Å². The lowest BCUT2D eigenvalue weighted by atomic mass is 9.59. The van der Waals surface area contributed by atoms with E-state index in [2.05, 4.69) is 4.98 Å². The van der Waals surface area contributed by atoms with E-state index in [4.69, 9.17) is 14.2 Å². The van der Waals surface area contributed by atoms with Crippen LogP contribution in [-0.2, 0) is 23.8 Å². The van der Waals surface area contributed by atoms with Gasteiger partial charge < -0.3 is 19.1 Å². The Bertz CT molecular complexity index is 976. The van der Waals surface area contributed by atoms with E-state index in [1.807, 2.05) is 0 Å². The standard InChI is InChI=1S/C23H28N2O7/c1-21(2,3)31-18(27)23(19(28)32-22(4,5)6)15-13(10-25-14(15)11-30-20(25)29)12-8-7-9-24-16(12)17(23)26/h7-9,13-15H,10-11H2,1-6H3/t13-,14-,15+/m1/s1. The van der Waals surface area contributed by atoms with Gasteiger partial charge in [-0.2, -0.15) is 0 Å². The Morgan fingerprint density at radius 1 is 1.09 bits per heavy atom. The molecule has 32 heavy (non-hydrogen) atoms. The first-order chi connectivity index (χ1) is 14.8. The van der Waals surface area contributed by atoms with E-state index in [0.717, 1.165) is 0 Å². The Hall–Kier alpha value is -2.97. The summed E-state index contributed by atoms with van der Waals surface area (Å²) in [5.74, 6) is -4.12. The van der Waals surface area contributed by atoms with Gasteiger partial charge in [0.25, 0.3) is 0 Å². The molecule has 3 atom stereocenters. The molecule has 1 amide bonds. The molecule has 2 saturated heterocycles. The van der Waals surface area contributed by atoms with Crippen LogP contribution >= 0.6 is 0 Å². The van der Waals surface area contributed by atoms with Gasteiger partial charge in [0.1, 0.15) is 23.5 Å². The number of esters is 2. The minimum Gasteiger partial charge on any atom is -0.459 e. The first kappa shape index (κ1) is 22.2. The summed E-state index contributed by atoms with van der Waals surface area (Å²) in [5.41, 5.74) is -3.61. The fourth-order valence-electron chi connectivity index (χ4n) is 4.95.